The van der Waals surface area contributed by atoms with E-state index in [-0.39, 0.29) is 67.9 Å². The molecule has 9 nitrogen and oxygen atoms in total. The molecule has 0 aromatic rings. The fourth-order valence-corrected chi connectivity index (χ4v) is 2.64. The van der Waals surface area contributed by atoms with Crippen molar-refractivity contribution in [1.29, 1.82) is 0 Å². The van der Waals surface area contributed by atoms with Gasteiger partial charge >= 0.3 is 22.8 Å². The molecule has 0 saturated carbocycles. The van der Waals surface area contributed by atoms with Gasteiger partial charge in [0.25, 0.3) is 0 Å². The van der Waals surface area contributed by atoms with Crippen molar-refractivity contribution in [3.05, 3.63) is 0 Å². The van der Waals surface area contributed by atoms with Crippen molar-refractivity contribution >= 4 is 22.8 Å². The van der Waals surface area contributed by atoms with E-state index in [9.17, 15) is 13.7 Å². The number of hydrogen-bond donors (Lipinski definition) is 3. The van der Waals surface area contributed by atoms with Crippen LogP contribution in [0.2, 0.25) is 0 Å². The third kappa shape index (κ3) is 28.3. The van der Waals surface area contributed by atoms with Crippen molar-refractivity contribution in [2.45, 2.75) is 41.5 Å². The van der Waals surface area contributed by atoms with Crippen LogP contribution in [-0.2, 0) is 27.3 Å². The molecule has 0 aliphatic heterocycles. The van der Waals surface area contributed by atoms with Crippen LogP contribution in [0.4, 0.5) is 0 Å². The first-order chi connectivity index (χ1) is 10.9. The molecule has 0 aliphatic carbocycles. The maximum Gasteiger partial charge on any atom is 0.327 e. The van der Waals surface area contributed by atoms with Crippen molar-refractivity contribution in [3.63, 3.8) is 0 Å². The summed E-state index contributed by atoms with van der Waals surface area (Å²) in [5.74, 6) is 0. The van der Waals surface area contributed by atoms with Gasteiger partial charge in [0.15, 0.2) is 0 Å². The van der Waals surface area contributed by atoms with Crippen molar-refractivity contribution in [2.24, 2.45) is 0 Å². The molecule has 0 spiro atoms. The number of rotatable bonds is 9. The van der Waals surface area contributed by atoms with Gasteiger partial charge in [-0.3, -0.25) is 13.7 Å². The van der Waals surface area contributed by atoms with Gasteiger partial charge in [-0.05, 0) is 20.8 Å². The van der Waals surface area contributed by atoms with Gasteiger partial charge in [0.2, 0.25) is 0 Å². The molecule has 0 saturated heterocycles. The van der Waals surface area contributed by atoms with E-state index >= 15 is 0 Å². The molecule has 0 amide bonds. The van der Waals surface area contributed by atoms with E-state index in [1.807, 2.05) is 0 Å². The monoisotopic (exact) mass is 567 g/mol. The standard InChI is InChI=1S/3C4H11O3P.Eu/c3*1-3-7-8(5,6)4-2;/h3*3-4H2,1-2H3,(H,5,6);. The minimum Gasteiger partial charge on any atom is -0.324 e. The van der Waals surface area contributed by atoms with Crippen LogP contribution in [0.3, 0.4) is 0 Å². The Balaban J connectivity index is -0.000000130. The largest absolute Gasteiger partial charge is 0.327 e. The second-order valence-corrected chi connectivity index (χ2v) is 10.6. The Morgan fingerprint density at radius 2 is 0.720 bits per heavy atom. The maximum atomic E-state index is 10.5. The molecule has 1 radical (unpaired) electrons. The van der Waals surface area contributed by atoms with E-state index < -0.39 is 22.8 Å². The molecule has 0 rings (SSSR count). The Bertz CT molecular complexity index is 372. The quantitative estimate of drug-likeness (QED) is 0.357. The summed E-state index contributed by atoms with van der Waals surface area (Å²) in [6.07, 6.45) is 0.586. The van der Waals surface area contributed by atoms with Gasteiger partial charge in [-0.15, -0.1) is 0 Å². The zero-order valence-electron chi connectivity index (χ0n) is 15.8. The van der Waals surface area contributed by atoms with E-state index in [0.29, 0.717) is 19.8 Å². The van der Waals surface area contributed by atoms with Crippen LogP contribution >= 0.6 is 22.8 Å². The average molecular weight is 566 g/mol. The first-order valence-electron chi connectivity index (χ1n) is 7.75. The van der Waals surface area contributed by atoms with Crippen molar-refractivity contribution in [2.75, 3.05) is 38.3 Å². The molecule has 0 aliphatic rings. The molecule has 0 heterocycles. The SMILES string of the molecule is CCOP(=O)(O)CC.CCOP(=O)(O)CC.CCOP(=O)(O)CC.[Eu]. The minimum absolute atomic E-state index is 0. The molecule has 0 aromatic heterocycles. The summed E-state index contributed by atoms with van der Waals surface area (Å²) in [5, 5.41) is 0. The van der Waals surface area contributed by atoms with Gasteiger partial charge in [-0.2, -0.15) is 0 Å². The number of hydrogen-bond acceptors (Lipinski definition) is 6. The molecule has 3 atom stereocenters. The normalized spacial score (nSPS) is 17.2. The molecule has 3 unspecified atom stereocenters. The van der Waals surface area contributed by atoms with Gasteiger partial charge in [0, 0.05) is 67.9 Å². The summed E-state index contributed by atoms with van der Waals surface area (Å²) in [6.45, 7) is 10.9. The Hall–Kier alpha value is 2.03. The third-order valence-corrected chi connectivity index (χ3v) is 6.57. The first kappa shape index (κ1) is 34.5. The molecule has 0 fully saturated rings. The van der Waals surface area contributed by atoms with E-state index in [2.05, 4.69) is 13.6 Å². The molecular weight excluding hydrogens is 533 g/mol. The van der Waals surface area contributed by atoms with Crippen LogP contribution in [0, 0.1) is 49.4 Å². The van der Waals surface area contributed by atoms with Crippen LogP contribution in [0.1, 0.15) is 41.5 Å². The minimum atomic E-state index is -3.17. The third-order valence-electron chi connectivity index (χ3n) is 2.19. The topological polar surface area (TPSA) is 140 Å². The second-order valence-electron chi connectivity index (χ2n) is 4.11. The Morgan fingerprint density at radius 1 is 0.560 bits per heavy atom. The molecular formula is C12H33EuO9P3. The van der Waals surface area contributed by atoms with Gasteiger partial charge < -0.3 is 28.3 Å². The van der Waals surface area contributed by atoms with Crippen LogP contribution < -0.4 is 0 Å². The van der Waals surface area contributed by atoms with Gasteiger partial charge in [0.1, 0.15) is 0 Å². The smallest absolute Gasteiger partial charge is 0.324 e. The summed E-state index contributed by atoms with van der Waals surface area (Å²) < 4.78 is 45.0. The summed E-state index contributed by atoms with van der Waals surface area (Å²) in [6, 6.07) is 0. The average Bonchev–Trinajstić information content (AvgIpc) is 2.48. The van der Waals surface area contributed by atoms with Gasteiger partial charge in [0.05, 0.1) is 19.8 Å². The Kier molecular flexibility index (Phi) is 26.7. The van der Waals surface area contributed by atoms with Crippen LogP contribution in [-0.4, -0.2) is 53.0 Å². The van der Waals surface area contributed by atoms with E-state index in [4.69, 9.17) is 14.7 Å². The Labute approximate surface area is 192 Å². The first-order valence-corrected chi connectivity index (χ1v) is 13.0. The van der Waals surface area contributed by atoms with E-state index in [0.717, 1.165) is 0 Å². The summed E-state index contributed by atoms with van der Waals surface area (Å²) >= 11 is 0. The van der Waals surface area contributed by atoms with E-state index in [1.54, 1.807) is 41.5 Å². The van der Waals surface area contributed by atoms with Crippen molar-refractivity contribution in [3.8, 4) is 0 Å². The summed E-state index contributed by atoms with van der Waals surface area (Å²) in [7, 11) is -9.52. The van der Waals surface area contributed by atoms with Gasteiger partial charge in [-0.1, -0.05) is 20.8 Å². The maximum absolute atomic E-state index is 10.5. The summed E-state index contributed by atoms with van der Waals surface area (Å²) in [4.78, 5) is 26.0. The second kappa shape index (κ2) is 19.4. The van der Waals surface area contributed by atoms with Crippen LogP contribution in [0.15, 0.2) is 0 Å². The van der Waals surface area contributed by atoms with Crippen LogP contribution in [0.25, 0.3) is 0 Å². The molecule has 3 N–H and O–H groups in total. The molecule has 25 heavy (non-hydrogen) atoms. The fourth-order valence-electron chi connectivity index (χ4n) is 0.879. The fraction of sp³-hybridized carbons (Fsp3) is 1.00. The summed E-state index contributed by atoms with van der Waals surface area (Å²) in [5.41, 5.74) is 0. The zero-order chi connectivity index (χ0) is 19.9. The molecule has 0 aromatic carbocycles. The Morgan fingerprint density at radius 3 is 0.760 bits per heavy atom. The molecule has 157 valence electrons. The van der Waals surface area contributed by atoms with Gasteiger partial charge in [-0.25, -0.2) is 0 Å². The zero-order valence-corrected chi connectivity index (χ0v) is 20.9. The van der Waals surface area contributed by atoms with Crippen LogP contribution in [0.5, 0.6) is 0 Å². The molecule has 13 heteroatoms. The van der Waals surface area contributed by atoms with Crippen molar-refractivity contribution < 1.29 is 91.3 Å². The predicted octanol–water partition coefficient (Wildman–Crippen LogP) is 3.68. The predicted molar refractivity (Wildman–Crippen MR) is 96.0 cm³/mol. The van der Waals surface area contributed by atoms with Crippen molar-refractivity contribution in [1.82, 2.24) is 0 Å². The van der Waals surface area contributed by atoms with E-state index in [1.165, 1.54) is 0 Å². The molecule has 0 bridgehead atoms.